The lowest BCUT2D eigenvalue weighted by Gasteiger charge is -2.30. The van der Waals surface area contributed by atoms with E-state index in [1.54, 1.807) is 12.1 Å². The molecule has 0 saturated carbocycles. The SMILES string of the molecule is COc1cc(C(C)N(C)C2CCS(=O)(=O)C2)ccc1O. The minimum atomic E-state index is -2.88. The molecule has 2 atom stereocenters. The van der Waals surface area contributed by atoms with Gasteiger partial charge in [0, 0.05) is 12.1 Å². The molecule has 1 aliphatic rings. The van der Waals surface area contributed by atoms with Gasteiger partial charge in [0.05, 0.1) is 18.6 Å². The summed E-state index contributed by atoms with van der Waals surface area (Å²) in [6, 6.07) is 5.34. The van der Waals surface area contributed by atoms with Crippen LogP contribution in [-0.2, 0) is 9.84 Å². The Kier molecular flexibility index (Phi) is 4.25. The monoisotopic (exact) mass is 299 g/mol. The molecule has 0 amide bonds. The van der Waals surface area contributed by atoms with Gasteiger partial charge in [-0.3, -0.25) is 4.90 Å². The van der Waals surface area contributed by atoms with E-state index in [0.29, 0.717) is 12.2 Å². The molecule has 20 heavy (non-hydrogen) atoms. The van der Waals surface area contributed by atoms with Crippen LogP contribution in [-0.4, -0.2) is 50.1 Å². The minimum absolute atomic E-state index is 0.0507. The van der Waals surface area contributed by atoms with Gasteiger partial charge < -0.3 is 9.84 Å². The van der Waals surface area contributed by atoms with Crippen molar-refractivity contribution in [1.82, 2.24) is 4.90 Å². The molecule has 2 rings (SSSR count). The first kappa shape index (κ1) is 15.1. The summed E-state index contributed by atoms with van der Waals surface area (Å²) in [7, 11) is 0.569. The largest absolute Gasteiger partial charge is 0.504 e. The van der Waals surface area contributed by atoms with Crippen molar-refractivity contribution in [3.63, 3.8) is 0 Å². The number of methoxy groups -OCH3 is 1. The van der Waals surface area contributed by atoms with Crippen LogP contribution < -0.4 is 4.74 Å². The Morgan fingerprint density at radius 1 is 1.45 bits per heavy atom. The van der Waals surface area contributed by atoms with Gasteiger partial charge in [0.1, 0.15) is 0 Å². The van der Waals surface area contributed by atoms with E-state index in [2.05, 4.69) is 4.90 Å². The number of benzene rings is 1. The molecule has 0 radical (unpaired) electrons. The summed E-state index contributed by atoms with van der Waals surface area (Å²) in [6.07, 6.45) is 0.679. The van der Waals surface area contributed by atoms with E-state index in [0.717, 1.165) is 5.56 Å². The van der Waals surface area contributed by atoms with Gasteiger partial charge in [-0.25, -0.2) is 8.42 Å². The number of nitrogens with zero attached hydrogens (tertiary/aromatic N) is 1. The average Bonchev–Trinajstić information content (AvgIpc) is 2.78. The molecule has 1 aromatic rings. The molecule has 0 aromatic heterocycles. The maximum absolute atomic E-state index is 11.6. The maximum Gasteiger partial charge on any atom is 0.160 e. The molecule has 1 saturated heterocycles. The van der Waals surface area contributed by atoms with Gasteiger partial charge in [-0.15, -0.1) is 0 Å². The third-order valence-electron chi connectivity index (χ3n) is 4.08. The first-order valence-electron chi connectivity index (χ1n) is 6.63. The molecule has 0 aliphatic carbocycles. The number of aromatic hydroxyl groups is 1. The number of phenols is 1. The zero-order chi connectivity index (χ0) is 14.9. The van der Waals surface area contributed by atoms with Crippen molar-refractivity contribution >= 4 is 9.84 Å². The number of rotatable bonds is 4. The van der Waals surface area contributed by atoms with Gasteiger partial charge in [-0.2, -0.15) is 0 Å². The Labute approximate surface area is 120 Å². The van der Waals surface area contributed by atoms with Gasteiger partial charge >= 0.3 is 0 Å². The normalized spacial score (nSPS) is 22.9. The van der Waals surface area contributed by atoms with Gasteiger partial charge in [0.25, 0.3) is 0 Å². The second-order valence-electron chi connectivity index (χ2n) is 5.33. The van der Waals surface area contributed by atoms with Crippen molar-refractivity contribution in [2.45, 2.75) is 25.4 Å². The average molecular weight is 299 g/mol. The zero-order valence-electron chi connectivity index (χ0n) is 12.0. The van der Waals surface area contributed by atoms with Crippen molar-refractivity contribution in [3.8, 4) is 11.5 Å². The van der Waals surface area contributed by atoms with Crippen LogP contribution in [0.2, 0.25) is 0 Å². The maximum atomic E-state index is 11.6. The van der Waals surface area contributed by atoms with Gasteiger partial charge in [-0.1, -0.05) is 6.07 Å². The van der Waals surface area contributed by atoms with Crippen molar-refractivity contribution in [2.24, 2.45) is 0 Å². The molecular formula is C14H21NO4S. The van der Waals surface area contributed by atoms with Gasteiger partial charge in [0.15, 0.2) is 21.3 Å². The Balaban J connectivity index is 2.16. The number of phenolic OH excluding ortho intramolecular Hbond substituents is 1. The molecule has 112 valence electrons. The first-order chi connectivity index (χ1) is 9.34. The standard InChI is InChI=1S/C14H21NO4S/c1-10(11-4-5-13(16)14(8-11)19-3)15(2)12-6-7-20(17,18)9-12/h4-5,8,10,12,16H,6-7,9H2,1-3H3. The van der Waals surface area contributed by atoms with Crippen LogP contribution in [0.1, 0.15) is 24.9 Å². The molecule has 1 fully saturated rings. The molecule has 0 bridgehead atoms. The fourth-order valence-electron chi connectivity index (χ4n) is 2.60. The van der Waals surface area contributed by atoms with Crippen LogP contribution in [0.4, 0.5) is 0 Å². The predicted octanol–water partition coefficient (Wildman–Crippen LogP) is 1.58. The summed E-state index contributed by atoms with van der Waals surface area (Å²) in [6.45, 7) is 2.02. The topological polar surface area (TPSA) is 66.8 Å². The Bertz CT molecular complexity index is 585. The Morgan fingerprint density at radius 2 is 2.15 bits per heavy atom. The first-order valence-corrected chi connectivity index (χ1v) is 8.45. The lowest BCUT2D eigenvalue weighted by atomic mass is 10.0. The predicted molar refractivity (Wildman–Crippen MR) is 77.9 cm³/mol. The fourth-order valence-corrected chi connectivity index (χ4v) is 4.39. The summed E-state index contributed by atoms with van der Waals surface area (Å²) in [5.74, 6) is 1.03. The van der Waals surface area contributed by atoms with E-state index < -0.39 is 9.84 Å². The lowest BCUT2D eigenvalue weighted by molar-refractivity contribution is 0.200. The highest BCUT2D eigenvalue weighted by Gasteiger charge is 2.32. The van der Waals surface area contributed by atoms with Crippen LogP contribution in [0.5, 0.6) is 11.5 Å². The van der Waals surface area contributed by atoms with Crippen LogP contribution in [0.25, 0.3) is 0 Å². The number of sulfone groups is 1. The summed E-state index contributed by atoms with van der Waals surface area (Å²) in [5.41, 5.74) is 0.992. The highest BCUT2D eigenvalue weighted by Crippen LogP contribution is 2.32. The number of ether oxygens (including phenoxy) is 1. The van der Waals surface area contributed by atoms with Crippen LogP contribution in [0.15, 0.2) is 18.2 Å². The highest BCUT2D eigenvalue weighted by atomic mass is 32.2. The van der Waals surface area contributed by atoms with E-state index in [1.165, 1.54) is 7.11 Å². The van der Waals surface area contributed by atoms with E-state index in [-0.39, 0.29) is 29.3 Å². The molecule has 0 spiro atoms. The molecule has 6 heteroatoms. The minimum Gasteiger partial charge on any atom is -0.504 e. The fraction of sp³-hybridized carbons (Fsp3) is 0.571. The number of hydrogen-bond donors (Lipinski definition) is 1. The summed E-state index contributed by atoms with van der Waals surface area (Å²) in [5, 5.41) is 9.62. The van der Waals surface area contributed by atoms with Crippen molar-refractivity contribution in [3.05, 3.63) is 23.8 Å². The molecule has 1 aliphatic heterocycles. The lowest BCUT2D eigenvalue weighted by Crippen LogP contribution is -2.34. The quantitative estimate of drug-likeness (QED) is 0.914. The van der Waals surface area contributed by atoms with Crippen molar-refractivity contribution in [2.75, 3.05) is 25.7 Å². The van der Waals surface area contributed by atoms with Crippen LogP contribution >= 0.6 is 0 Å². The van der Waals surface area contributed by atoms with Crippen molar-refractivity contribution in [1.29, 1.82) is 0 Å². The second-order valence-corrected chi connectivity index (χ2v) is 7.56. The Hall–Kier alpha value is -1.27. The highest BCUT2D eigenvalue weighted by molar-refractivity contribution is 7.91. The molecule has 2 unspecified atom stereocenters. The van der Waals surface area contributed by atoms with Gasteiger partial charge in [-0.05, 0) is 38.1 Å². The molecular weight excluding hydrogens is 278 g/mol. The smallest absolute Gasteiger partial charge is 0.160 e. The van der Waals surface area contributed by atoms with Crippen molar-refractivity contribution < 1.29 is 18.3 Å². The summed E-state index contributed by atoms with van der Waals surface area (Å²) < 4.78 is 28.2. The van der Waals surface area contributed by atoms with Crippen LogP contribution in [0.3, 0.4) is 0 Å². The van der Waals surface area contributed by atoms with E-state index in [4.69, 9.17) is 4.74 Å². The van der Waals surface area contributed by atoms with Crippen LogP contribution in [0, 0.1) is 0 Å². The molecule has 5 nitrogen and oxygen atoms in total. The van der Waals surface area contributed by atoms with Gasteiger partial charge in [0.2, 0.25) is 0 Å². The Morgan fingerprint density at radius 3 is 2.70 bits per heavy atom. The third kappa shape index (κ3) is 3.07. The summed E-state index contributed by atoms with van der Waals surface area (Å²) >= 11 is 0. The van der Waals surface area contributed by atoms with E-state index in [1.807, 2.05) is 20.0 Å². The number of hydrogen-bond acceptors (Lipinski definition) is 5. The molecule has 1 aromatic carbocycles. The second kappa shape index (κ2) is 5.61. The molecule has 1 N–H and O–H groups in total. The molecule has 1 heterocycles. The summed E-state index contributed by atoms with van der Waals surface area (Å²) in [4.78, 5) is 2.08. The van der Waals surface area contributed by atoms with E-state index in [9.17, 15) is 13.5 Å². The zero-order valence-corrected chi connectivity index (χ0v) is 12.9. The third-order valence-corrected chi connectivity index (χ3v) is 5.83. The van der Waals surface area contributed by atoms with E-state index >= 15 is 0 Å².